The number of fused-ring (bicyclic) bond motifs is 1. The molecular formula is C30H36F3N3O4Si. The highest BCUT2D eigenvalue weighted by Gasteiger charge is 2.55. The van der Waals surface area contributed by atoms with E-state index in [2.05, 4.69) is 60.3 Å². The van der Waals surface area contributed by atoms with Crippen molar-refractivity contribution in [2.45, 2.75) is 76.0 Å². The summed E-state index contributed by atoms with van der Waals surface area (Å²) < 4.78 is 65.6. The second kappa shape index (κ2) is 11.1. The van der Waals surface area contributed by atoms with Crippen molar-refractivity contribution in [3.05, 3.63) is 78.8 Å². The molecule has 2 aliphatic heterocycles. The van der Waals surface area contributed by atoms with Gasteiger partial charge in [0.1, 0.15) is 24.1 Å². The van der Waals surface area contributed by atoms with E-state index in [0.29, 0.717) is 6.20 Å². The molecule has 11 heteroatoms. The van der Waals surface area contributed by atoms with Gasteiger partial charge in [0.25, 0.3) is 8.32 Å². The number of aromatic nitrogens is 2. The van der Waals surface area contributed by atoms with E-state index in [9.17, 15) is 13.2 Å². The molecule has 0 amide bonds. The lowest BCUT2D eigenvalue weighted by atomic mass is 9.98. The summed E-state index contributed by atoms with van der Waals surface area (Å²) in [5.41, 5.74) is -1.07. The van der Waals surface area contributed by atoms with Crippen molar-refractivity contribution in [2.24, 2.45) is 0 Å². The van der Waals surface area contributed by atoms with E-state index in [4.69, 9.17) is 18.6 Å². The summed E-state index contributed by atoms with van der Waals surface area (Å²) in [6.45, 7) is 10.7. The predicted molar refractivity (Wildman–Crippen MR) is 152 cm³/mol. The van der Waals surface area contributed by atoms with Crippen LogP contribution in [0.3, 0.4) is 0 Å². The van der Waals surface area contributed by atoms with Gasteiger partial charge in [-0.25, -0.2) is 4.98 Å². The quantitative estimate of drug-likeness (QED) is 0.399. The van der Waals surface area contributed by atoms with Gasteiger partial charge in [0.2, 0.25) is 0 Å². The second-order valence-corrected chi connectivity index (χ2v) is 16.3. The first-order valence-electron chi connectivity index (χ1n) is 13.7. The predicted octanol–water partition coefficient (Wildman–Crippen LogP) is 4.77. The molecule has 1 aromatic heterocycles. The van der Waals surface area contributed by atoms with Crippen molar-refractivity contribution in [3.63, 3.8) is 0 Å². The third-order valence-corrected chi connectivity index (χ3v) is 12.6. The highest BCUT2D eigenvalue weighted by Crippen LogP contribution is 2.40. The van der Waals surface area contributed by atoms with E-state index in [0.717, 1.165) is 10.4 Å². The summed E-state index contributed by atoms with van der Waals surface area (Å²) in [5.74, 6) is -0.930. The summed E-state index contributed by atoms with van der Waals surface area (Å²) in [7, 11) is -2.83. The summed E-state index contributed by atoms with van der Waals surface area (Å²) in [6.07, 6.45) is -4.15. The molecule has 5 rings (SSSR count). The first-order valence-corrected chi connectivity index (χ1v) is 15.6. The highest BCUT2D eigenvalue weighted by molar-refractivity contribution is 6.99. The summed E-state index contributed by atoms with van der Waals surface area (Å²) in [6, 6.07) is 20.1. The van der Waals surface area contributed by atoms with E-state index in [1.165, 1.54) is 6.20 Å². The van der Waals surface area contributed by atoms with Gasteiger partial charge >= 0.3 is 6.18 Å². The van der Waals surface area contributed by atoms with Crippen LogP contribution in [0.5, 0.6) is 0 Å². The number of hydrogen-bond donors (Lipinski definition) is 1. The Labute approximate surface area is 239 Å². The largest absolute Gasteiger partial charge is 0.434 e. The minimum Gasteiger partial charge on any atom is -0.405 e. The Kier molecular flexibility index (Phi) is 8.03. The number of rotatable bonds is 7. The van der Waals surface area contributed by atoms with Crippen molar-refractivity contribution in [3.8, 4) is 0 Å². The maximum atomic E-state index is 13.2. The maximum absolute atomic E-state index is 13.2. The zero-order valence-corrected chi connectivity index (χ0v) is 24.8. The Morgan fingerprint density at radius 3 is 2.07 bits per heavy atom. The molecule has 0 saturated carbocycles. The Bertz CT molecular complexity index is 1280. The minimum absolute atomic E-state index is 0.0116. The average molecular weight is 588 g/mol. The van der Waals surface area contributed by atoms with Gasteiger partial charge < -0.3 is 24.0 Å². The van der Waals surface area contributed by atoms with Crippen molar-refractivity contribution >= 4 is 24.5 Å². The molecule has 0 aliphatic carbocycles. The number of anilines is 1. The van der Waals surface area contributed by atoms with Crippen LogP contribution in [0.15, 0.2) is 73.1 Å². The lowest BCUT2D eigenvalue weighted by Crippen LogP contribution is -2.68. The maximum Gasteiger partial charge on any atom is 0.434 e. The molecule has 2 saturated heterocycles. The van der Waals surface area contributed by atoms with Crippen LogP contribution in [0.25, 0.3) is 0 Å². The van der Waals surface area contributed by atoms with Crippen LogP contribution >= 0.6 is 0 Å². The molecule has 0 radical (unpaired) electrons. The van der Waals surface area contributed by atoms with Crippen LogP contribution in [-0.4, -0.2) is 61.6 Å². The Morgan fingerprint density at radius 1 is 0.927 bits per heavy atom. The summed E-state index contributed by atoms with van der Waals surface area (Å²) in [5, 5.41) is 5.12. The standard InChI is InChI=1S/C30H36F3N3O4Si/c1-28(2,3)41(20-12-8-6-9-13-20,21-14-10-7-11-15-21)38-19-23-27-26(39-29(4,5)40-27)22(18-37-23)35-25-17-34-16-24(36-25)30(31,32)33/h6-17,22-23,26-27H,18-19H2,1-5H3,(H,35,36)/t22-,23+,26+,27-/m0/s1. The smallest absolute Gasteiger partial charge is 0.405 e. The average Bonchev–Trinajstić information content (AvgIpc) is 3.26. The molecule has 220 valence electrons. The van der Waals surface area contributed by atoms with Crippen LogP contribution in [0.1, 0.15) is 40.3 Å². The molecule has 2 aromatic carbocycles. The molecule has 2 fully saturated rings. The van der Waals surface area contributed by atoms with E-state index >= 15 is 0 Å². The normalized spacial score (nSPS) is 24.6. The molecule has 0 spiro atoms. The van der Waals surface area contributed by atoms with E-state index < -0.39 is 50.3 Å². The molecule has 3 heterocycles. The number of ether oxygens (including phenoxy) is 3. The minimum atomic E-state index is -4.60. The van der Waals surface area contributed by atoms with Gasteiger partial charge in [-0.1, -0.05) is 81.4 Å². The summed E-state index contributed by atoms with van der Waals surface area (Å²) >= 11 is 0. The molecule has 2 aliphatic rings. The van der Waals surface area contributed by atoms with Gasteiger partial charge in [0.05, 0.1) is 31.6 Å². The lowest BCUT2D eigenvalue weighted by Gasteiger charge is -2.45. The fourth-order valence-electron chi connectivity index (χ4n) is 5.83. The third-order valence-electron chi connectivity index (χ3n) is 7.56. The third kappa shape index (κ3) is 6.05. The van der Waals surface area contributed by atoms with Gasteiger partial charge in [0.15, 0.2) is 11.5 Å². The molecule has 3 aromatic rings. The first kappa shape index (κ1) is 29.7. The lowest BCUT2D eigenvalue weighted by molar-refractivity contribution is -0.156. The molecule has 7 nitrogen and oxygen atoms in total. The van der Waals surface area contributed by atoms with Crippen LogP contribution < -0.4 is 15.7 Å². The number of nitrogens with zero attached hydrogens (tertiary/aromatic N) is 2. The van der Waals surface area contributed by atoms with Gasteiger partial charge in [-0.3, -0.25) is 4.98 Å². The van der Waals surface area contributed by atoms with Crippen molar-refractivity contribution in [2.75, 3.05) is 18.5 Å². The number of nitrogens with one attached hydrogen (secondary N) is 1. The zero-order chi connectivity index (χ0) is 29.5. The fraction of sp³-hybridized carbons (Fsp3) is 0.467. The Morgan fingerprint density at radius 2 is 1.51 bits per heavy atom. The van der Waals surface area contributed by atoms with E-state index in [-0.39, 0.29) is 24.1 Å². The van der Waals surface area contributed by atoms with Crippen LogP contribution in [-0.2, 0) is 24.8 Å². The zero-order valence-electron chi connectivity index (χ0n) is 23.8. The molecule has 1 N–H and O–H groups in total. The van der Waals surface area contributed by atoms with Crippen LogP contribution in [0.4, 0.5) is 19.0 Å². The Hall–Kier alpha value is -2.83. The molecule has 41 heavy (non-hydrogen) atoms. The summed E-state index contributed by atoms with van der Waals surface area (Å²) in [4.78, 5) is 7.41. The molecule has 0 unspecified atom stereocenters. The number of benzene rings is 2. The molecule has 0 bridgehead atoms. The van der Waals surface area contributed by atoms with Crippen molar-refractivity contribution in [1.29, 1.82) is 0 Å². The van der Waals surface area contributed by atoms with E-state index in [1.54, 1.807) is 0 Å². The van der Waals surface area contributed by atoms with Crippen LogP contribution in [0, 0.1) is 0 Å². The molecule has 4 atom stereocenters. The molecular weight excluding hydrogens is 551 g/mol. The van der Waals surface area contributed by atoms with Gasteiger partial charge in [-0.15, -0.1) is 0 Å². The topological polar surface area (TPSA) is 74.7 Å². The highest BCUT2D eigenvalue weighted by atomic mass is 28.4. The second-order valence-electron chi connectivity index (χ2n) is 11.9. The van der Waals surface area contributed by atoms with Crippen LogP contribution in [0.2, 0.25) is 5.04 Å². The number of halogens is 3. The first-order chi connectivity index (χ1) is 19.3. The van der Waals surface area contributed by atoms with Gasteiger partial charge in [0, 0.05) is 0 Å². The fourth-order valence-corrected chi connectivity index (χ4v) is 10.4. The SMILES string of the molecule is CC1(C)O[C@@H]2[C@H](O1)[C@@H](Nc1cncc(C(F)(F)F)n1)CO[C@@H]2CO[Si](c1ccccc1)(c1ccccc1)C(C)(C)C. The monoisotopic (exact) mass is 587 g/mol. The van der Waals surface area contributed by atoms with Gasteiger partial charge in [-0.2, -0.15) is 13.2 Å². The van der Waals surface area contributed by atoms with Crippen molar-refractivity contribution < 1.29 is 31.8 Å². The van der Waals surface area contributed by atoms with Gasteiger partial charge in [-0.05, 0) is 29.3 Å². The Balaban J connectivity index is 1.41. The van der Waals surface area contributed by atoms with Crippen molar-refractivity contribution in [1.82, 2.24) is 9.97 Å². The number of alkyl halides is 3. The van der Waals surface area contributed by atoms with E-state index in [1.807, 2.05) is 50.2 Å². The number of hydrogen-bond acceptors (Lipinski definition) is 7.